The molecular weight excluding hydrogens is 306 g/mol. The molecule has 1 N–H and O–H groups in total. The number of amides is 2. The van der Waals surface area contributed by atoms with Gasteiger partial charge in [0.15, 0.2) is 0 Å². The highest BCUT2D eigenvalue weighted by Gasteiger charge is 2.73. The summed E-state index contributed by atoms with van der Waals surface area (Å²) in [6.45, 7) is 0.308. The van der Waals surface area contributed by atoms with Crippen LogP contribution in [0.15, 0.2) is 42.5 Å². The van der Waals surface area contributed by atoms with E-state index >= 15 is 0 Å². The summed E-state index contributed by atoms with van der Waals surface area (Å²) in [7, 11) is 0. The van der Waals surface area contributed by atoms with E-state index in [-0.39, 0.29) is 53.2 Å². The molecule has 1 aliphatic heterocycles. The Bertz CT molecular complexity index is 748. The number of imide groups is 1. The Hall–Kier alpha value is -2.43. The summed E-state index contributed by atoms with van der Waals surface area (Å²) >= 11 is 0. The molecule has 6 rings (SSSR count). The molecule has 3 fully saturated rings. The number of hydrogen-bond donors (Lipinski definition) is 1. The summed E-state index contributed by atoms with van der Waals surface area (Å²) in [5.41, 5.74) is 0.937. The largest absolute Gasteiger partial charge is 0.481 e. The third kappa shape index (κ3) is 1.62. The third-order valence-electron chi connectivity index (χ3n) is 6.36. The summed E-state index contributed by atoms with van der Waals surface area (Å²) in [5.74, 6) is -2.26. The predicted molar refractivity (Wildman–Crippen MR) is 83.2 cm³/mol. The zero-order valence-electron chi connectivity index (χ0n) is 12.9. The number of hydrogen-bond acceptors (Lipinski definition) is 3. The first kappa shape index (κ1) is 14.0. The molecule has 5 aliphatic rings. The van der Waals surface area contributed by atoms with Crippen LogP contribution in [0.3, 0.4) is 0 Å². The zero-order valence-corrected chi connectivity index (χ0v) is 12.9. The van der Waals surface area contributed by atoms with Gasteiger partial charge in [0.05, 0.1) is 24.3 Å². The number of rotatable bonds is 3. The molecule has 0 radical (unpaired) electrons. The van der Waals surface area contributed by atoms with E-state index in [4.69, 9.17) is 0 Å². The number of carboxylic acid groups (broad SMARTS) is 1. The lowest BCUT2D eigenvalue weighted by molar-refractivity contribution is -0.142. The number of allylic oxidation sites excluding steroid dienone is 2. The van der Waals surface area contributed by atoms with Crippen molar-refractivity contribution in [3.8, 4) is 0 Å². The number of carbonyl (C=O) groups is 3. The minimum Gasteiger partial charge on any atom is -0.481 e. The first-order chi connectivity index (χ1) is 11.6. The van der Waals surface area contributed by atoms with E-state index in [1.54, 1.807) is 0 Å². The van der Waals surface area contributed by atoms with Crippen molar-refractivity contribution in [1.29, 1.82) is 0 Å². The second-order valence-corrected chi connectivity index (χ2v) is 7.36. The van der Waals surface area contributed by atoms with Crippen LogP contribution < -0.4 is 0 Å². The molecule has 0 aromatic heterocycles. The lowest BCUT2D eigenvalue weighted by Crippen LogP contribution is -2.40. The van der Waals surface area contributed by atoms with Gasteiger partial charge in [0.2, 0.25) is 11.8 Å². The first-order valence-corrected chi connectivity index (χ1v) is 8.40. The van der Waals surface area contributed by atoms with Crippen molar-refractivity contribution in [1.82, 2.24) is 4.90 Å². The molecule has 5 heteroatoms. The molecule has 24 heavy (non-hydrogen) atoms. The molecule has 1 saturated heterocycles. The van der Waals surface area contributed by atoms with E-state index in [2.05, 4.69) is 0 Å². The van der Waals surface area contributed by atoms with Crippen LogP contribution in [0, 0.1) is 41.4 Å². The highest BCUT2D eigenvalue weighted by Crippen LogP contribution is 2.68. The van der Waals surface area contributed by atoms with E-state index in [0.29, 0.717) is 6.54 Å². The summed E-state index contributed by atoms with van der Waals surface area (Å²) in [6.07, 6.45) is 3.99. The van der Waals surface area contributed by atoms with Crippen LogP contribution in [0.1, 0.15) is 5.56 Å². The molecule has 2 saturated carbocycles. The van der Waals surface area contributed by atoms with Crippen LogP contribution in [0.4, 0.5) is 0 Å². The van der Waals surface area contributed by atoms with Gasteiger partial charge in [-0.3, -0.25) is 19.3 Å². The fourth-order valence-electron chi connectivity index (χ4n) is 5.42. The normalized spacial score (nSPS) is 41.3. The lowest BCUT2D eigenvalue weighted by atomic mass is 9.63. The lowest BCUT2D eigenvalue weighted by Gasteiger charge is -2.37. The molecule has 1 unspecified atom stereocenters. The second kappa shape index (κ2) is 4.56. The molecule has 5 nitrogen and oxygen atoms in total. The topological polar surface area (TPSA) is 74.7 Å². The fourth-order valence-corrected chi connectivity index (χ4v) is 5.42. The zero-order chi connectivity index (χ0) is 16.6. The van der Waals surface area contributed by atoms with E-state index < -0.39 is 5.97 Å². The molecule has 1 aromatic carbocycles. The maximum atomic E-state index is 12.9. The minimum absolute atomic E-state index is 0.0344. The van der Waals surface area contributed by atoms with Crippen LogP contribution in [-0.2, 0) is 20.9 Å². The SMILES string of the molecule is O=C(O)C1[C@@H]2[C@H]3C=C[C@@H]([C@@H]4C(=O)N(Cc5ccccc5)C(=O)[C@H]34)[C@@H]12. The molecule has 4 aliphatic carbocycles. The third-order valence-corrected chi connectivity index (χ3v) is 6.36. The van der Waals surface area contributed by atoms with Gasteiger partial charge in [0.1, 0.15) is 0 Å². The molecule has 2 amide bonds. The van der Waals surface area contributed by atoms with E-state index in [9.17, 15) is 19.5 Å². The number of benzene rings is 1. The highest BCUT2D eigenvalue weighted by atomic mass is 16.4. The first-order valence-electron chi connectivity index (χ1n) is 8.40. The number of aliphatic carboxylic acids is 1. The summed E-state index contributed by atoms with van der Waals surface area (Å²) in [6, 6.07) is 9.51. The average Bonchev–Trinajstić information content (AvgIpc) is 3.31. The Labute approximate surface area is 139 Å². The summed E-state index contributed by atoms with van der Waals surface area (Å²) in [5, 5.41) is 9.38. The van der Waals surface area contributed by atoms with Gasteiger partial charge in [0.25, 0.3) is 0 Å². The second-order valence-electron chi connectivity index (χ2n) is 7.36. The monoisotopic (exact) mass is 323 g/mol. The van der Waals surface area contributed by atoms with E-state index in [1.807, 2.05) is 42.5 Å². The number of carbonyl (C=O) groups excluding carboxylic acids is 2. The van der Waals surface area contributed by atoms with Gasteiger partial charge in [-0.25, -0.2) is 0 Å². The van der Waals surface area contributed by atoms with Gasteiger partial charge in [-0.1, -0.05) is 42.5 Å². The maximum absolute atomic E-state index is 12.9. The fraction of sp³-hybridized carbons (Fsp3) is 0.421. The Balaban J connectivity index is 1.46. The summed E-state index contributed by atoms with van der Waals surface area (Å²) in [4.78, 5) is 38.6. The number of carboxylic acids is 1. The Kier molecular flexibility index (Phi) is 2.65. The smallest absolute Gasteiger partial charge is 0.307 e. The molecule has 1 aromatic rings. The van der Waals surface area contributed by atoms with Gasteiger partial charge >= 0.3 is 5.97 Å². The number of likely N-dealkylation sites (tertiary alicyclic amines) is 1. The molecule has 1 heterocycles. The van der Waals surface area contributed by atoms with Gasteiger partial charge in [-0.2, -0.15) is 0 Å². The molecule has 122 valence electrons. The minimum atomic E-state index is -0.787. The van der Waals surface area contributed by atoms with Crippen molar-refractivity contribution in [3.05, 3.63) is 48.0 Å². The molecular formula is C19H17NO4. The average molecular weight is 323 g/mol. The van der Waals surface area contributed by atoms with Gasteiger partial charge in [0, 0.05) is 0 Å². The van der Waals surface area contributed by atoms with Crippen molar-refractivity contribution in [2.45, 2.75) is 6.54 Å². The molecule has 0 spiro atoms. The maximum Gasteiger partial charge on any atom is 0.307 e. The number of nitrogens with zero attached hydrogens (tertiary/aromatic N) is 1. The predicted octanol–water partition coefficient (Wildman–Crippen LogP) is 1.55. The quantitative estimate of drug-likeness (QED) is 0.676. The van der Waals surface area contributed by atoms with E-state index in [0.717, 1.165) is 5.56 Å². The summed E-state index contributed by atoms with van der Waals surface area (Å²) < 4.78 is 0. The van der Waals surface area contributed by atoms with Crippen LogP contribution in [-0.4, -0.2) is 27.8 Å². The molecule has 2 bridgehead atoms. The van der Waals surface area contributed by atoms with Gasteiger partial charge in [-0.05, 0) is 29.2 Å². The van der Waals surface area contributed by atoms with Crippen molar-refractivity contribution in [3.63, 3.8) is 0 Å². The van der Waals surface area contributed by atoms with Gasteiger partial charge < -0.3 is 5.11 Å². The van der Waals surface area contributed by atoms with Crippen LogP contribution in [0.2, 0.25) is 0 Å². The standard InChI is InChI=1S/C19H17NO4/c21-17-14-10-6-7-11(13-12(10)16(13)19(23)24)15(14)18(22)20(17)8-9-4-2-1-3-5-9/h1-7,10-16H,8H2,(H,23,24)/t10-,11-,12-,13-,14-,15+,16?/m1/s1. The van der Waals surface area contributed by atoms with Crippen LogP contribution >= 0.6 is 0 Å². The Morgan fingerprint density at radius 2 is 1.50 bits per heavy atom. The highest BCUT2D eigenvalue weighted by molar-refractivity contribution is 6.06. The van der Waals surface area contributed by atoms with Crippen molar-refractivity contribution in [2.24, 2.45) is 41.4 Å². The van der Waals surface area contributed by atoms with Crippen molar-refractivity contribution in [2.75, 3.05) is 0 Å². The van der Waals surface area contributed by atoms with Crippen molar-refractivity contribution >= 4 is 17.8 Å². The van der Waals surface area contributed by atoms with Crippen LogP contribution in [0.5, 0.6) is 0 Å². The van der Waals surface area contributed by atoms with Crippen LogP contribution in [0.25, 0.3) is 0 Å². The molecule has 7 atom stereocenters. The van der Waals surface area contributed by atoms with Crippen molar-refractivity contribution < 1.29 is 19.5 Å². The van der Waals surface area contributed by atoms with Gasteiger partial charge in [-0.15, -0.1) is 0 Å². The Morgan fingerprint density at radius 1 is 0.958 bits per heavy atom. The Morgan fingerprint density at radius 3 is 2.00 bits per heavy atom. The van der Waals surface area contributed by atoms with E-state index in [1.165, 1.54) is 4.90 Å².